The molecule has 8 nitrogen and oxygen atoms in total. The zero-order valence-electron chi connectivity index (χ0n) is 16.3. The van der Waals surface area contributed by atoms with Crippen molar-refractivity contribution < 1.29 is 4.42 Å². The minimum Gasteiger partial charge on any atom is -0.445 e. The summed E-state index contributed by atoms with van der Waals surface area (Å²) in [7, 11) is 0. The molecule has 0 saturated carbocycles. The Kier molecular flexibility index (Phi) is 4.57. The van der Waals surface area contributed by atoms with E-state index < -0.39 is 0 Å². The van der Waals surface area contributed by atoms with E-state index in [1.165, 1.54) is 0 Å². The van der Waals surface area contributed by atoms with Crippen LogP contribution in [0.25, 0.3) is 22.5 Å². The van der Waals surface area contributed by atoms with Gasteiger partial charge in [-0.2, -0.15) is 4.98 Å². The number of oxazole rings is 1. The number of anilines is 3. The number of benzene rings is 2. The van der Waals surface area contributed by atoms with Crippen LogP contribution in [-0.2, 0) is 6.54 Å². The van der Waals surface area contributed by atoms with Crippen LogP contribution in [0.3, 0.4) is 0 Å². The number of aryl methyl sites for hydroxylation is 1. The number of rotatable bonds is 6. The van der Waals surface area contributed by atoms with Crippen LogP contribution in [0.1, 0.15) is 11.4 Å². The lowest BCUT2D eigenvalue weighted by Gasteiger charge is -2.10. The van der Waals surface area contributed by atoms with Gasteiger partial charge in [-0.15, -0.1) is 0 Å². The van der Waals surface area contributed by atoms with Crippen LogP contribution in [0.2, 0.25) is 0 Å². The Bertz CT molecular complexity index is 1260. The number of H-pyrrole nitrogens is 1. The number of para-hydroxylation sites is 2. The van der Waals surface area contributed by atoms with E-state index in [-0.39, 0.29) is 0 Å². The van der Waals surface area contributed by atoms with Gasteiger partial charge in [-0.3, -0.25) is 0 Å². The molecule has 0 radical (unpaired) electrons. The van der Waals surface area contributed by atoms with Crippen molar-refractivity contribution in [1.29, 1.82) is 0 Å². The van der Waals surface area contributed by atoms with Crippen LogP contribution in [0, 0.1) is 6.92 Å². The smallest absolute Gasteiger partial charge is 0.229 e. The minimum absolute atomic E-state index is 0.497. The first-order valence-corrected chi connectivity index (χ1v) is 9.53. The maximum Gasteiger partial charge on any atom is 0.229 e. The molecule has 0 fully saturated rings. The first-order valence-electron chi connectivity index (χ1n) is 9.53. The Hall–Kier alpha value is -4.20. The van der Waals surface area contributed by atoms with Crippen molar-refractivity contribution >= 4 is 28.5 Å². The van der Waals surface area contributed by atoms with Crippen molar-refractivity contribution in [3.63, 3.8) is 0 Å². The third-order valence-electron chi connectivity index (χ3n) is 4.63. The van der Waals surface area contributed by atoms with Gasteiger partial charge in [0.05, 0.1) is 23.8 Å². The number of hydrogen-bond donors (Lipinski definition) is 3. The highest BCUT2D eigenvalue weighted by Gasteiger charge is 2.08. The Morgan fingerprint density at radius 3 is 2.83 bits per heavy atom. The van der Waals surface area contributed by atoms with E-state index in [4.69, 9.17) is 4.42 Å². The standard InChI is InChI=1S/C22H19N7O/c1-14-12-25-22(26-16-6-4-5-15(11-16)21-23-9-10-30-21)29-20(14)24-13-19-27-17-7-2-3-8-18(17)28-19/h2-12H,13H2,1H3,(H,27,28)(H2,24,25,26,29). The lowest BCUT2D eigenvalue weighted by molar-refractivity contribution is 0.574. The number of nitrogens with zero attached hydrogens (tertiary/aromatic N) is 4. The highest BCUT2D eigenvalue weighted by molar-refractivity contribution is 5.74. The van der Waals surface area contributed by atoms with E-state index in [1.807, 2.05) is 55.5 Å². The molecule has 5 aromatic rings. The van der Waals surface area contributed by atoms with Gasteiger partial charge in [0.15, 0.2) is 0 Å². The molecule has 0 bridgehead atoms. The molecular formula is C22H19N7O. The summed E-state index contributed by atoms with van der Waals surface area (Å²) in [5, 5.41) is 6.58. The second-order valence-corrected chi connectivity index (χ2v) is 6.82. The third kappa shape index (κ3) is 3.70. The van der Waals surface area contributed by atoms with E-state index in [9.17, 15) is 0 Å². The number of aromatic amines is 1. The van der Waals surface area contributed by atoms with Crippen LogP contribution in [0.4, 0.5) is 17.5 Å². The fraction of sp³-hybridized carbons (Fsp3) is 0.0909. The zero-order chi connectivity index (χ0) is 20.3. The Morgan fingerprint density at radius 1 is 1.03 bits per heavy atom. The lowest BCUT2D eigenvalue weighted by Crippen LogP contribution is -2.07. The van der Waals surface area contributed by atoms with E-state index in [1.54, 1.807) is 18.7 Å². The van der Waals surface area contributed by atoms with Crippen molar-refractivity contribution in [3.05, 3.63) is 78.6 Å². The number of fused-ring (bicyclic) bond motifs is 1. The third-order valence-corrected chi connectivity index (χ3v) is 4.63. The SMILES string of the molecule is Cc1cnc(Nc2cccc(-c3ncco3)c2)nc1NCc1nc2ccccc2[nH]1. The Labute approximate surface area is 172 Å². The second kappa shape index (κ2) is 7.67. The monoisotopic (exact) mass is 397 g/mol. The van der Waals surface area contributed by atoms with Gasteiger partial charge >= 0.3 is 0 Å². The molecule has 0 aliphatic heterocycles. The molecule has 3 aromatic heterocycles. The number of imidazole rings is 1. The highest BCUT2D eigenvalue weighted by atomic mass is 16.3. The van der Waals surface area contributed by atoms with Gasteiger partial charge in [0, 0.05) is 23.0 Å². The molecule has 2 aromatic carbocycles. The van der Waals surface area contributed by atoms with Crippen LogP contribution in [0.15, 0.2) is 71.6 Å². The summed E-state index contributed by atoms with van der Waals surface area (Å²) < 4.78 is 5.37. The average molecular weight is 397 g/mol. The fourth-order valence-corrected chi connectivity index (χ4v) is 3.16. The van der Waals surface area contributed by atoms with Crippen LogP contribution >= 0.6 is 0 Å². The van der Waals surface area contributed by atoms with Gasteiger partial charge in [0.25, 0.3) is 0 Å². The molecule has 5 rings (SSSR count). The summed E-state index contributed by atoms with van der Waals surface area (Å²) in [6.07, 6.45) is 4.96. The summed E-state index contributed by atoms with van der Waals surface area (Å²) in [6, 6.07) is 15.7. The molecule has 0 unspecified atom stereocenters. The molecule has 3 N–H and O–H groups in total. The number of nitrogens with one attached hydrogen (secondary N) is 3. The maximum absolute atomic E-state index is 5.37. The van der Waals surface area contributed by atoms with E-state index in [0.717, 1.165) is 39.5 Å². The first-order chi connectivity index (χ1) is 14.7. The number of aromatic nitrogens is 5. The lowest BCUT2D eigenvalue weighted by atomic mass is 10.2. The summed E-state index contributed by atoms with van der Waals surface area (Å²) in [5.41, 5.74) is 4.63. The largest absolute Gasteiger partial charge is 0.445 e. The van der Waals surface area contributed by atoms with Crippen molar-refractivity contribution in [2.24, 2.45) is 0 Å². The van der Waals surface area contributed by atoms with Crippen molar-refractivity contribution in [2.75, 3.05) is 10.6 Å². The molecule has 0 spiro atoms. The van der Waals surface area contributed by atoms with Crippen LogP contribution in [0.5, 0.6) is 0 Å². The summed E-state index contributed by atoms with van der Waals surface area (Å²) >= 11 is 0. The van der Waals surface area contributed by atoms with Gasteiger partial charge in [-0.25, -0.2) is 15.0 Å². The Morgan fingerprint density at radius 2 is 1.97 bits per heavy atom. The molecule has 0 saturated heterocycles. The van der Waals surface area contributed by atoms with Gasteiger partial charge < -0.3 is 20.0 Å². The second-order valence-electron chi connectivity index (χ2n) is 6.82. The Balaban J connectivity index is 1.33. The molecular weight excluding hydrogens is 378 g/mol. The normalized spacial score (nSPS) is 11.0. The molecule has 0 aliphatic rings. The molecule has 0 aliphatic carbocycles. The zero-order valence-corrected chi connectivity index (χ0v) is 16.3. The van der Waals surface area contributed by atoms with E-state index in [0.29, 0.717) is 18.4 Å². The minimum atomic E-state index is 0.497. The quantitative estimate of drug-likeness (QED) is 0.382. The highest BCUT2D eigenvalue weighted by Crippen LogP contribution is 2.23. The van der Waals surface area contributed by atoms with Crippen molar-refractivity contribution in [3.8, 4) is 11.5 Å². The molecule has 3 heterocycles. The van der Waals surface area contributed by atoms with Gasteiger partial charge in [0.1, 0.15) is 17.9 Å². The number of hydrogen-bond acceptors (Lipinski definition) is 7. The predicted molar refractivity (Wildman–Crippen MR) is 115 cm³/mol. The van der Waals surface area contributed by atoms with Crippen molar-refractivity contribution in [1.82, 2.24) is 24.9 Å². The topological polar surface area (TPSA) is 105 Å². The van der Waals surface area contributed by atoms with Crippen LogP contribution in [-0.4, -0.2) is 24.9 Å². The predicted octanol–water partition coefficient (Wildman–Crippen LogP) is 4.67. The van der Waals surface area contributed by atoms with Gasteiger partial charge in [-0.05, 0) is 37.3 Å². The van der Waals surface area contributed by atoms with E-state index in [2.05, 4.69) is 35.6 Å². The van der Waals surface area contributed by atoms with Gasteiger partial charge in [-0.1, -0.05) is 18.2 Å². The van der Waals surface area contributed by atoms with Crippen LogP contribution < -0.4 is 10.6 Å². The average Bonchev–Trinajstić information content (AvgIpc) is 3.44. The van der Waals surface area contributed by atoms with Gasteiger partial charge in [0.2, 0.25) is 11.8 Å². The molecule has 148 valence electrons. The summed E-state index contributed by atoms with van der Waals surface area (Å²) in [5.74, 6) is 2.66. The summed E-state index contributed by atoms with van der Waals surface area (Å²) in [6.45, 7) is 2.50. The molecule has 0 amide bonds. The fourth-order valence-electron chi connectivity index (χ4n) is 3.16. The molecule has 8 heteroatoms. The maximum atomic E-state index is 5.37. The summed E-state index contributed by atoms with van der Waals surface area (Å²) in [4.78, 5) is 21.1. The molecule has 30 heavy (non-hydrogen) atoms. The first kappa shape index (κ1) is 17.9. The molecule has 0 atom stereocenters. The van der Waals surface area contributed by atoms with Crippen molar-refractivity contribution in [2.45, 2.75) is 13.5 Å². The van der Waals surface area contributed by atoms with E-state index >= 15 is 0 Å².